The summed E-state index contributed by atoms with van der Waals surface area (Å²) < 4.78 is 1.08. The second kappa shape index (κ2) is 6.30. The molecule has 0 spiro atoms. The maximum atomic E-state index is 11.5. The van der Waals surface area contributed by atoms with Crippen LogP contribution in [0.5, 0.6) is 0 Å². The van der Waals surface area contributed by atoms with Gasteiger partial charge in [0.05, 0.1) is 6.20 Å². The van der Waals surface area contributed by atoms with E-state index in [9.17, 15) is 4.79 Å². The molecule has 94 valence electrons. The van der Waals surface area contributed by atoms with Gasteiger partial charge in [0.1, 0.15) is 0 Å². The molecular formula is C12H13BrN4O. The summed E-state index contributed by atoms with van der Waals surface area (Å²) in [5.41, 5.74) is 1.57. The lowest BCUT2D eigenvalue weighted by atomic mass is 10.1. The third-order valence-electron chi connectivity index (χ3n) is 2.46. The number of rotatable bonds is 5. The monoisotopic (exact) mass is 308 g/mol. The average molecular weight is 309 g/mol. The summed E-state index contributed by atoms with van der Waals surface area (Å²) in [5, 5.41) is 12.5. The smallest absolute Gasteiger partial charge is 0.273 e. The van der Waals surface area contributed by atoms with E-state index in [2.05, 4.69) is 48.8 Å². The molecule has 0 aliphatic heterocycles. The molecule has 0 saturated heterocycles. The van der Waals surface area contributed by atoms with Gasteiger partial charge in [0, 0.05) is 11.0 Å². The molecule has 0 saturated carbocycles. The predicted octanol–water partition coefficient (Wildman–Crippen LogP) is 1.93. The van der Waals surface area contributed by atoms with Crippen LogP contribution >= 0.6 is 15.9 Å². The minimum atomic E-state index is -0.196. The van der Waals surface area contributed by atoms with Crippen molar-refractivity contribution in [2.24, 2.45) is 0 Å². The van der Waals surface area contributed by atoms with Crippen molar-refractivity contribution < 1.29 is 4.79 Å². The number of amides is 1. The highest BCUT2D eigenvalue weighted by molar-refractivity contribution is 9.10. The maximum absolute atomic E-state index is 11.5. The lowest BCUT2D eigenvalue weighted by Gasteiger charge is -2.03. The number of hydrogen-bond donors (Lipinski definition) is 2. The second-order valence-electron chi connectivity index (χ2n) is 3.84. The number of H-pyrrole nitrogens is 1. The van der Waals surface area contributed by atoms with Gasteiger partial charge in [-0.1, -0.05) is 28.1 Å². The fourth-order valence-electron chi connectivity index (χ4n) is 1.59. The van der Waals surface area contributed by atoms with Gasteiger partial charge in [-0.25, -0.2) is 0 Å². The Balaban J connectivity index is 1.72. The van der Waals surface area contributed by atoms with Gasteiger partial charge in [-0.15, -0.1) is 0 Å². The number of hydrogen-bond acceptors (Lipinski definition) is 3. The van der Waals surface area contributed by atoms with Gasteiger partial charge >= 0.3 is 0 Å². The van der Waals surface area contributed by atoms with Crippen LogP contribution in [0.3, 0.4) is 0 Å². The molecule has 18 heavy (non-hydrogen) atoms. The first kappa shape index (κ1) is 12.8. The summed E-state index contributed by atoms with van der Waals surface area (Å²) in [6, 6.07) is 8.16. The lowest BCUT2D eigenvalue weighted by Crippen LogP contribution is -2.25. The Morgan fingerprint density at radius 1 is 1.44 bits per heavy atom. The molecule has 1 aromatic heterocycles. The molecule has 0 atom stereocenters. The minimum absolute atomic E-state index is 0.196. The summed E-state index contributed by atoms with van der Waals surface area (Å²) in [6.07, 6.45) is 3.22. The van der Waals surface area contributed by atoms with Crippen molar-refractivity contribution in [3.63, 3.8) is 0 Å². The molecule has 0 aliphatic rings. The minimum Gasteiger partial charge on any atom is -0.351 e. The van der Waals surface area contributed by atoms with Crippen LogP contribution < -0.4 is 5.32 Å². The lowest BCUT2D eigenvalue weighted by molar-refractivity contribution is 0.0948. The summed E-state index contributed by atoms with van der Waals surface area (Å²) in [7, 11) is 0. The van der Waals surface area contributed by atoms with Crippen molar-refractivity contribution >= 4 is 21.8 Å². The van der Waals surface area contributed by atoms with Gasteiger partial charge in [0.2, 0.25) is 0 Å². The Morgan fingerprint density at radius 3 is 3.06 bits per heavy atom. The topological polar surface area (TPSA) is 70.7 Å². The van der Waals surface area contributed by atoms with Crippen LogP contribution in [0.2, 0.25) is 0 Å². The van der Waals surface area contributed by atoms with E-state index in [1.807, 2.05) is 12.1 Å². The third kappa shape index (κ3) is 3.66. The molecule has 2 N–H and O–H groups in total. The molecule has 2 rings (SSSR count). The Kier molecular flexibility index (Phi) is 4.46. The average Bonchev–Trinajstić information content (AvgIpc) is 2.88. The first-order valence-electron chi connectivity index (χ1n) is 5.64. The number of carbonyl (C=O) groups is 1. The molecule has 0 radical (unpaired) electrons. The molecule has 1 heterocycles. The van der Waals surface area contributed by atoms with Crippen LogP contribution in [0.4, 0.5) is 0 Å². The van der Waals surface area contributed by atoms with Crippen LogP contribution in [0, 0.1) is 0 Å². The number of benzene rings is 1. The quantitative estimate of drug-likeness (QED) is 0.829. The molecule has 0 fully saturated rings. The second-order valence-corrected chi connectivity index (χ2v) is 4.76. The van der Waals surface area contributed by atoms with Gasteiger partial charge in [-0.2, -0.15) is 15.4 Å². The van der Waals surface area contributed by atoms with Crippen LogP contribution in [0.25, 0.3) is 0 Å². The highest BCUT2D eigenvalue weighted by atomic mass is 79.9. The highest BCUT2D eigenvalue weighted by Gasteiger charge is 2.06. The summed E-state index contributed by atoms with van der Waals surface area (Å²) in [4.78, 5) is 11.5. The van der Waals surface area contributed by atoms with Crippen LogP contribution in [-0.4, -0.2) is 27.9 Å². The molecule has 0 unspecified atom stereocenters. The van der Waals surface area contributed by atoms with Gasteiger partial charge in [-0.3, -0.25) is 4.79 Å². The Morgan fingerprint density at radius 2 is 2.33 bits per heavy atom. The molecule has 5 nitrogen and oxygen atoms in total. The summed E-state index contributed by atoms with van der Waals surface area (Å²) in [6.45, 7) is 0.623. The standard InChI is InChI=1S/C12H13BrN4O/c13-10-5-1-3-9(7-10)4-2-6-14-12(18)11-8-15-17-16-11/h1,3,5,7-8H,2,4,6H2,(H,14,18)(H,15,16,17). The van der Waals surface area contributed by atoms with Crippen LogP contribution in [-0.2, 0) is 6.42 Å². The molecule has 0 aliphatic carbocycles. The van der Waals surface area contributed by atoms with E-state index in [4.69, 9.17) is 0 Å². The molecule has 0 bridgehead atoms. The highest BCUT2D eigenvalue weighted by Crippen LogP contribution is 2.12. The van der Waals surface area contributed by atoms with E-state index in [1.54, 1.807) is 0 Å². The van der Waals surface area contributed by atoms with Crippen molar-refractivity contribution in [1.29, 1.82) is 0 Å². The van der Waals surface area contributed by atoms with E-state index in [0.717, 1.165) is 17.3 Å². The number of carbonyl (C=O) groups excluding carboxylic acids is 1. The van der Waals surface area contributed by atoms with E-state index < -0.39 is 0 Å². The van der Waals surface area contributed by atoms with Crippen molar-refractivity contribution in [3.05, 3.63) is 46.2 Å². The van der Waals surface area contributed by atoms with Gasteiger partial charge in [0.25, 0.3) is 5.91 Å². The van der Waals surface area contributed by atoms with Crippen LogP contribution in [0.1, 0.15) is 22.5 Å². The van der Waals surface area contributed by atoms with Gasteiger partial charge in [0.15, 0.2) is 5.69 Å². The Labute approximate surface area is 113 Å². The summed E-state index contributed by atoms with van der Waals surface area (Å²) >= 11 is 3.43. The molecule has 6 heteroatoms. The van der Waals surface area contributed by atoms with E-state index >= 15 is 0 Å². The van der Waals surface area contributed by atoms with Gasteiger partial charge < -0.3 is 5.32 Å². The zero-order valence-corrected chi connectivity index (χ0v) is 11.3. The Bertz CT molecular complexity index is 513. The zero-order valence-electron chi connectivity index (χ0n) is 9.69. The molecular weight excluding hydrogens is 296 g/mol. The molecule has 2 aromatic rings. The molecule has 1 amide bonds. The first-order chi connectivity index (χ1) is 8.75. The third-order valence-corrected chi connectivity index (χ3v) is 2.96. The van der Waals surface area contributed by atoms with Crippen molar-refractivity contribution in [2.45, 2.75) is 12.8 Å². The van der Waals surface area contributed by atoms with Crippen molar-refractivity contribution in [2.75, 3.05) is 6.54 Å². The van der Waals surface area contributed by atoms with Crippen molar-refractivity contribution in [3.8, 4) is 0 Å². The van der Waals surface area contributed by atoms with E-state index in [-0.39, 0.29) is 5.91 Å². The number of aromatic amines is 1. The largest absolute Gasteiger partial charge is 0.351 e. The summed E-state index contributed by atoms with van der Waals surface area (Å²) in [5.74, 6) is -0.196. The number of aryl methyl sites for hydroxylation is 1. The van der Waals surface area contributed by atoms with Crippen LogP contribution in [0.15, 0.2) is 34.9 Å². The van der Waals surface area contributed by atoms with Gasteiger partial charge in [-0.05, 0) is 30.5 Å². The fourth-order valence-corrected chi connectivity index (χ4v) is 2.04. The number of aromatic nitrogens is 3. The maximum Gasteiger partial charge on any atom is 0.273 e. The number of nitrogens with zero attached hydrogens (tertiary/aromatic N) is 2. The van der Waals surface area contributed by atoms with E-state index in [0.29, 0.717) is 12.2 Å². The number of halogens is 1. The number of nitrogens with one attached hydrogen (secondary N) is 2. The SMILES string of the molecule is O=C(NCCCc1cccc(Br)c1)c1cn[nH]n1. The normalized spacial score (nSPS) is 10.3. The molecule has 1 aromatic carbocycles. The zero-order chi connectivity index (χ0) is 12.8. The van der Waals surface area contributed by atoms with Crippen molar-refractivity contribution in [1.82, 2.24) is 20.7 Å². The van der Waals surface area contributed by atoms with E-state index in [1.165, 1.54) is 11.8 Å². The predicted molar refractivity (Wildman–Crippen MR) is 71.2 cm³/mol. The fraction of sp³-hybridized carbons (Fsp3) is 0.250. The Hall–Kier alpha value is -1.69. The first-order valence-corrected chi connectivity index (χ1v) is 6.43.